The third kappa shape index (κ3) is 4.99. The Bertz CT molecular complexity index is 694. The molecule has 1 fully saturated rings. The van der Waals surface area contributed by atoms with Crippen LogP contribution in [-0.4, -0.2) is 33.9 Å². The largest absolute Gasteiger partial charge is 0.323 e. The highest BCUT2D eigenvalue weighted by Gasteiger charge is 2.10. The fraction of sp³-hybridized carbons (Fsp3) is 0.316. The van der Waals surface area contributed by atoms with Crippen molar-refractivity contribution in [3.8, 4) is 0 Å². The van der Waals surface area contributed by atoms with Gasteiger partial charge in [-0.25, -0.2) is 0 Å². The molecule has 0 radical (unpaired) electrons. The summed E-state index contributed by atoms with van der Waals surface area (Å²) in [5.41, 5.74) is 2.71. The molecule has 0 aliphatic carbocycles. The van der Waals surface area contributed by atoms with Crippen LogP contribution in [0.1, 0.15) is 30.5 Å². The first kappa shape index (κ1) is 16.3. The number of hydrogen-bond acceptors (Lipinski definition) is 4. The van der Waals surface area contributed by atoms with Crippen molar-refractivity contribution in [2.24, 2.45) is 0 Å². The van der Waals surface area contributed by atoms with E-state index in [1.165, 1.54) is 30.9 Å². The second-order valence-corrected chi connectivity index (χ2v) is 5.99. The summed E-state index contributed by atoms with van der Waals surface area (Å²) in [4.78, 5) is 22.6. The van der Waals surface area contributed by atoms with Gasteiger partial charge in [0, 0.05) is 30.7 Å². The van der Waals surface area contributed by atoms with E-state index in [1.54, 1.807) is 24.7 Å². The molecule has 1 aliphatic heterocycles. The van der Waals surface area contributed by atoms with E-state index in [0.29, 0.717) is 5.69 Å². The highest BCUT2D eigenvalue weighted by Crippen LogP contribution is 2.16. The van der Waals surface area contributed by atoms with E-state index in [2.05, 4.69) is 26.3 Å². The average molecular weight is 322 g/mol. The molecule has 1 amide bonds. The molecule has 1 saturated heterocycles. The van der Waals surface area contributed by atoms with Crippen molar-refractivity contribution >= 4 is 17.7 Å². The number of likely N-dealkylation sites (tertiary alicyclic amines) is 1. The minimum atomic E-state index is -0.171. The first-order valence-corrected chi connectivity index (χ1v) is 8.36. The van der Waals surface area contributed by atoms with Gasteiger partial charge in [0.2, 0.25) is 5.91 Å². The molecular weight excluding hydrogens is 300 g/mol. The highest BCUT2D eigenvalue weighted by molar-refractivity contribution is 6.01. The van der Waals surface area contributed by atoms with Gasteiger partial charge in [0.1, 0.15) is 0 Å². The maximum absolute atomic E-state index is 12.0. The summed E-state index contributed by atoms with van der Waals surface area (Å²) in [5.74, 6) is -0.171. The summed E-state index contributed by atoms with van der Waals surface area (Å²) >= 11 is 0. The molecule has 3 rings (SSSR count). The van der Waals surface area contributed by atoms with Gasteiger partial charge in [-0.2, -0.15) is 0 Å². The highest BCUT2D eigenvalue weighted by atomic mass is 16.1. The molecule has 24 heavy (non-hydrogen) atoms. The van der Waals surface area contributed by atoms with Gasteiger partial charge < -0.3 is 5.32 Å². The summed E-state index contributed by atoms with van der Waals surface area (Å²) in [7, 11) is 0. The van der Waals surface area contributed by atoms with Gasteiger partial charge in [-0.05, 0) is 49.7 Å². The molecule has 124 valence electrons. The zero-order valence-corrected chi connectivity index (χ0v) is 13.7. The number of aromatic nitrogens is 2. The standard InChI is InChI=1S/C19H22N4O/c24-19(8-7-18-14-20-9-10-21-18)22-17-6-4-5-16(13-17)15-23-11-2-1-3-12-23/h4-10,13-14H,1-3,11-12,15H2,(H,22,24)/b8-7+. The number of rotatable bonds is 5. The van der Waals surface area contributed by atoms with E-state index < -0.39 is 0 Å². The molecule has 1 aromatic heterocycles. The first-order chi connectivity index (χ1) is 11.8. The molecule has 0 spiro atoms. The lowest BCUT2D eigenvalue weighted by atomic mass is 10.1. The molecule has 2 heterocycles. The maximum atomic E-state index is 12.0. The molecule has 5 heteroatoms. The summed E-state index contributed by atoms with van der Waals surface area (Å²) in [6, 6.07) is 8.05. The van der Waals surface area contributed by atoms with Crippen molar-refractivity contribution in [3.05, 3.63) is 60.2 Å². The Morgan fingerprint density at radius 1 is 1.21 bits per heavy atom. The molecule has 0 saturated carbocycles. The van der Waals surface area contributed by atoms with Gasteiger partial charge in [0.05, 0.1) is 11.9 Å². The van der Waals surface area contributed by atoms with Crippen molar-refractivity contribution in [2.45, 2.75) is 25.8 Å². The fourth-order valence-corrected chi connectivity index (χ4v) is 2.86. The quantitative estimate of drug-likeness (QED) is 0.859. The number of nitrogens with one attached hydrogen (secondary N) is 1. The minimum absolute atomic E-state index is 0.171. The van der Waals surface area contributed by atoms with Gasteiger partial charge in [-0.15, -0.1) is 0 Å². The van der Waals surface area contributed by atoms with Gasteiger partial charge in [-0.1, -0.05) is 18.6 Å². The molecule has 0 atom stereocenters. The maximum Gasteiger partial charge on any atom is 0.248 e. The van der Waals surface area contributed by atoms with Gasteiger partial charge in [0.25, 0.3) is 0 Å². The second-order valence-electron chi connectivity index (χ2n) is 5.99. The van der Waals surface area contributed by atoms with Gasteiger partial charge >= 0.3 is 0 Å². The van der Waals surface area contributed by atoms with E-state index in [9.17, 15) is 4.79 Å². The second kappa shape index (κ2) is 8.36. The van der Waals surface area contributed by atoms with Crippen LogP contribution in [0.3, 0.4) is 0 Å². The third-order valence-corrected chi connectivity index (χ3v) is 4.04. The molecule has 0 unspecified atom stereocenters. The molecule has 2 aromatic rings. The lowest BCUT2D eigenvalue weighted by Gasteiger charge is -2.26. The van der Waals surface area contributed by atoms with Crippen LogP contribution < -0.4 is 5.32 Å². The van der Waals surface area contributed by atoms with E-state index in [-0.39, 0.29) is 5.91 Å². The van der Waals surface area contributed by atoms with Gasteiger partial charge in [-0.3, -0.25) is 19.7 Å². The Morgan fingerprint density at radius 3 is 2.88 bits per heavy atom. The number of carbonyl (C=O) groups is 1. The zero-order valence-electron chi connectivity index (χ0n) is 13.7. The van der Waals surface area contributed by atoms with Crippen molar-refractivity contribution in [2.75, 3.05) is 18.4 Å². The molecule has 1 aromatic carbocycles. The number of anilines is 1. The van der Waals surface area contributed by atoms with Gasteiger partial charge in [0.15, 0.2) is 0 Å². The van der Waals surface area contributed by atoms with Crippen LogP contribution in [-0.2, 0) is 11.3 Å². The van der Waals surface area contributed by atoms with E-state index in [4.69, 9.17) is 0 Å². The van der Waals surface area contributed by atoms with E-state index >= 15 is 0 Å². The van der Waals surface area contributed by atoms with Crippen LogP contribution in [0.25, 0.3) is 6.08 Å². The van der Waals surface area contributed by atoms with Crippen molar-refractivity contribution in [3.63, 3.8) is 0 Å². The van der Waals surface area contributed by atoms with Crippen molar-refractivity contribution in [1.82, 2.24) is 14.9 Å². The first-order valence-electron chi connectivity index (χ1n) is 8.36. The lowest BCUT2D eigenvalue weighted by Crippen LogP contribution is -2.29. The molecule has 1 N–H and O–H groups in total. The normalized spacial score (nSPS) is 15.5. The third-order valence-electron chi connectivity index (χ3n) is 4.04. The molecule has 1 aliphatic rings. The van der Waals surface area contributed by atoms with Crippen LogP contribution >= 0.6 is 0 Å². The van der Waals surface area contributed by atoms with Crippen molar-refractivity contribution < 1.29 is 4.79 Å². The topological polar surface area (TPSA) is 58.1 Å². The summed E-state index contributed by atoms with van der Waals surface area (Å²) < 4.78 is 0. The number of carbonyl (C=O) groups excluding carboxylic acids is 1. The Balaban J connectivity index is 1.57. The Morgan fingerprint density at radius 2 is 2.08 bits per heavy atom. The number of hydrogen-bond donors (Lipinski definition) is 1. The Labute approximate surface area is 142 Å². The summed E-state index contributed by atoms with van der Waals surface area (Å²) in [6.45, 7) is 3.27. The van der Waals surface area contributed by atoms with Crippen LogP contribution in [0.4, 0.5) is 5.69 Å². The summed E-state index contributed by atoms with van der Waals surface area (Å²) in [5, 5.41) is 2.90. The number of amides is 1. The Kier molecular flexibility index (Phi) is 5.69. The molecular formula is C19H22N4O. The number of benzene rings is 1. The molecule has 0 bridgehead atoms. The fourth-order valence-electron chi connectivity index (χ4n) is 2.86. The minimum Gasteiger partial charge on any atom is -0.323 e. The van der Waals surface area contributed by atoms with Crippen LogP contribution in [0.2, 0.25) is 0 Å². The van der Waals surface area contributed by atoms with E-state index in [0.717, 1.165) is 25.3 Å². The molecule has 5 nitrogen and oxygen atoms in total. The smallest absolute Gasteiger partial charge is 0.248 e. The predicted molar refractivity (Wildman–Crippen MR) is 95.3 cm³/mol. The predicted octanol–water partition coefficient (Wildman–Crippen LogP) is 3.11. The Hall–Kier alpha value is -2.53. The van der Waals surface area contributed by atoms with Crippen molar-refractivity contribution in [1.29, 1.82) is 0 Å². The summed E-state index contributed by atoms with van der Waals surface area (Å²) in [6.07, 6.45) is 11.8. The number of piperidine rings is 1. The zero-order chi connectivity index (χ0) is 16.6. The SMILES string of the molecule is O=C(/C=C/c1cnccn1)Nc1cccc(CN2CCCCC2)c1. The average Bonchev–Trinajstić information content (AvgIpc) is 2.62. The van der Waals surface area contributed by atoms with E-state index in [1.807, 2.05) is 18.2 Å². The monoisotopic (exact) mass is 322 g/mol. The van der Waals surface area contributed by atoms with Crippen LogP contribution in [0, 0.1) is 0 Å². The van der Waals surface area contributed by atoms with Crippen LogP contribution in [0.15, 0.2) is 48.9 Å². The lowest BCUT2D eigenvalue weighted by molar-refractivity contribution is -0.111. The van der Waals surface area contributed by atoms with Crippen LogP contribution in [0.5, 0.6) is 0 Å². The number of nitrogens with zero attached hydrogens (tertiary/aromatic N) is 3.